The van der Waals surface area contributed by atoms with Crippen molar-refractivity contribution < 1.29 is 5.11 Å². The lowest BCUT2D eigenvalue weighted by Gasteiger charge is -1.95. The topological polar surface area (TPSA) is 46.2 Å². The molecule has 2 heteroatoms. The molecule has 0 saturated heterocycles. The smallest absolute Gasteiger partial charge is 0.114 e. The molecule has 0 aliphatic heterocycles. The van der Waals surface area contributed by atoms with Gasteiger partial charge in [-0.15, -0.1) is 0 Å². The Balaban J connectivity index is 2.77. The Morgan fingerprint density at radius 1 is 1.54 bits per heavy atom. The number of rotatable bonds is 1. The molecular weight excluding hydrogens is 162 g/mol. The normalized spacial score (nSPS) is 11.5. The molecule has 68 valence electrons. The Morgan fingerprint density at radius 3 is 2.92 bits per heavy atom. The molecule has 0 saturated carbocycles. The van der Waals surface area contributed by atoms with Gasteiger partial charge in [-0.05, 0) is 24.6 Å². The van der Waals surface area contributed by atoms with E-state index in [1.807, 2.05) is 19.1 Å². The summed E-state index contributed by atoms with van der Waals surface area (Å²) >= 11 is 0. The second kappa shape index (κ2) is 4.54. The van der Waals surface area contributed by atoms with Gasteiger partial charge in [0.1, 0.15) is 6.10 Å². The minimum Gasteiger partial charge on any atom is -0.399 e. The van der Waals surface area contributed by atoms with Crippen LogP contribution in [0.2, 0.25) is 0 Å². The zero-order valence-electron chi connectivity index (χ0n) is 7.62. The van der Waals surface area contributed by atoms with Gasteiger partial charge in [0.25, 0.3) is 0 Å². The van der Waals surface area contributed by atoms with Crippen LogP contribution in [0.25, 0.3) is 0 Å². The number of hydrogen-bond acceptors (Lipinski definition) is 2. The van der Waals surface area contributed by atoms with Gasteiger partial charge in [0.05, 0.1) is 0 Å². The molecule has 0 spiro atoms. The summed E-state index contributed by atoms with van der Waals surface area (Å²) in [5.74, 6) is 5.58. The third kappa shape index (κ3) is 3.18. The molecule has 1 unspecified atom stereocenters. The van der Waals surface area contributed by atoms with Gasteiger partial charge in [0.15, 0.2) is 0 Å². The summed E-state index contributed by atoms with van der Waals surface area (Å²) in [6.07, 6.45) is 0.108. The number of benzene rings is 1. The van der Waals surface area contributed by atoms with Crippen molar-refractivity contribution in [2.75, 3.05) is 5.73 Å². The Labute approximate surface area is 78.4 Å². The number of nitrogen functional groups attached to an aromatic ring is 1. The molecule has 3 N–H and O–H groups in total. The van der Waals surface area contributed by atoms with E-state index in [1.165, 1.54) is 0 Å². The van der Waals surface area contributed by atoms with Crippen LogP contribution >= 0.6 is 0 Å². The molecule has 0 amide bonds. The summed E-state index contributed by atoms with van der Waals surface area (Å²) in [5.41, 5.74) is 7.10. The summed E-state index contributed by atoms with van der Waals surface area (Å²) < 4.78 is 0. The predicted molar refractivity (Wildman–Crippen MR) is 54.0 cm³/mol. The van der Waals surface area contributed by atoms with Crippen molar-refractivity contribution in [3.63, 3.8) is 0 Å². The first-order chi connectivity index (χ1) is 6.22. The van der Waals surface area contributed by atoms with Gasteiger partial charge in [0, 0.05) is 11.3 Å². The molecule has 0 radical (unpaired) electrons. The van der Waals surface area contributed by atoms with Crippen LogP contribution in [-0.2, 0) is 0 Å². The molecule has 13 heavy (non-hydrogen) atoms. The fourth-order valence-electron chi connectivity index (χ4n) is 0.885. The Bertz CT molecular complexity index is 335. The van der Waals surface area contributed by atoms with Gasteiger partial charge in [-0.25, -0.2) is 0 Å². The van der Waals surface area contributed by atoms with E-state index < -0.39 is 6.10 Å². The van der Waals surface area contributed by atoms with Crippen molar-refractivity contribution in [3.8, 4) is 11.8 Å². The predicted octanol–water partition coefficient (Wildman–Crippen LogP) is 1.39. The van der Waals surface area contributed by atoms with Gasteiger partial charge < -0.3 is 10.8 Å². The highest BCUT2D eigenvalue weighted by Gasteiger charge is 1.92. The standard InChI is InChI=1S/C11H13NO/c1-2-11(13)7-6-9-4-3-5-10(12)8-9/h3-5,8,11,13H,2,12H2,1H3. The average molecular weight is 175 g/mol. The van der Waals surface area contributed by atoms with Crippen LogP contribution in [0.15, 0.2) is 24.3 Å². The Hall–Kier alpha value is -1.46. The van der Waals surface area contributed by atoms with Gasteiger partial charge in [-0.2, -0.15) is 0 Å². The van der Waals surface area contributed by atoms with Crippen molar-refractivity contribution in [2.24, 2.45) is 0 Å². The van der Waals surface area contributed by atoms with E-state index in [0.717, 1.165) is 5.56 Å². The minimum atomic E-state index is -0.540. The first kappa shape index (κ1) is 9.63. The number of hydrogen-bond donors (Lipinski definition) is 2. The van der Waals surface area contributed by atoms with Crippen LogP contribution in [0, 0.1) is 11.8 Å². The van der Waals surface area contributed by atoms with E-state index in [2.05, 4.69) is 11.8 Å². The molecule has 0 aliphatic rings. The third-order valence-corrected chi connectivity index (χ3v) is 1.66. The largest absolute Gasteiger partial charge is 0.399 e. The molecule has 1 atom stereocenters. The van der Waals surface area contributed by atoms with Gasteiger partial charge >= 0.3 is 0 Å². The van der Waals surface area contributed by atoms with Crippen molar-refractivity contribution in [1.29, 1.82) is 0 Å². The quantitative estimate of drug-likeness (QED) is 0.500. The number of aliphatic hydroxyl groups excluding tert-OH is 1. The first-order valence-corrected chi connectivity index (χ1v) is 4.27. The summed E-state index contributed by atoms with van der Waals surface area (Å²) in [7, 11) is 0. The fourth-order valence-corrected chi connectivity index (χ4v) is 0.885. The number of aliphatic hydroxyl groups is 1. The summed E-state index contributed by atoms with van der Waals surface area (Å²) in [6, 6.07) is 7.31. The van der Waals surface area contributed by atoms with Crippen LogP contribution in [0.1, 0.15) is 18.9 Å². The highest BCUT2D eigenvalue weighted by molar-refractivity contribution is 5.47. The van der Waals surface area contributed by atoms with E-state index in [-0.39, 0.29) is 0 Å². The second-order valence-corrected chi connectivity index (χ2v) is 2.82. The summed E-state index contributed by atoms with van der Waals surface area (Å²) in [5, 5.41) is 9.18. The van der Waals surface area contributed by atoms with Crippen molar-refractivity contribution in [1.82, 2.24) is 0 Å². The number of anilines is 1. The van der Waals surface area contributed by atoms with Crippen LogP contribution in [0.4, 0.5) is 5.69 Å². The zero-order chi connectivity index (χ0) is 9.68. The second-order valence-electron chi connectivity index (χ2n) is 2.82. The highest BCUT2D eigenvalue weighted by atomic mass is 16.3. The molecular formula is C11H13NO. The lowest BCUT2D eigenvalue weighted by molar-refractivity contribution is 0.228. The molecule has 0 fully saturated rings. The van der Waals surface area contributed by atoms with Crippen molar-refractivity contribution >= 4 is 5.69 Å². The Kier molecular flexibility index (Phi) is 3.36. The maximum absolute atomic E-state index is 9.18. The van der Waals surface area contributed by atoms with Crippen LogP contribution in [0.3, 0.4) is 0 Å². The third-order valence-electron chi connectivity index (χ3n) is 1.66. The fraction of sp³-hybridized carbons (Fsp3) is 0.273. The van der Waals surface area contributed by atoms with Crippen LogP contribution in [0.5, 0.6) is 0 Å². The maximum atomic E-state index is 9.18. The van der Waals surface area contributed by atoms with Crippen LogP contribution in [-0.4, -0.2) is 11.2 Å². The monoisotopic (exact) mass is 175 g/mol. The molecule has 1 aromatic rings. The van der Waals surface area contributed by atoms with Crippen molar-refractivity contribution in [2.45, 2.75) is 19.4 Å². The minimum absolute atomic E-state index is 0.540. The van der Waals surface area contributed by atoms with E-state index in [0.29, 0.717) is 12.1 Å². The highest BCUT2D eigenvalue weighted by Crippen LogP contribution is 2.04. The maximum Gasteiger partial charge on any atom is 0.114 e. The van der Waals surface area contributed by atoms with Gasteiger partial charge in [-0.3, -0.25) is 0 Å². The van der Waals surface area contributed by atoms with E-state index in [4.69, 9.17) is 5.73 Å². The molecule has 0 aliphatic carbocycles. The molecule has 2 nitrogen and oxygen atoms in total. The molecule has 0 bridgehead atoms. The van der Waals surface area contributed by atoms with E-state index in [9.17, 15) is 5.11 Å². The van der Waals surface area contributed by atoms with E-state index >= 15 is 0 Å². The zero-order valence-corrected chi connectivity index (χ0v) is 7.62. The molecule has 0 aromatic heterocycles. The van der Waals surface area contributed by atoms with E-state index in [1.54, 1.807) is 12.1 Å². The van der Waals surface area contributed by atoms with Crippen LogP contribution < -0.4 is 5.73 Å². The van der Waals surface area contributed by atoms with Crippen molar-refractivity contribution in [3.05, 3.63) is 29.8 Å². The van der Waals surface area contributed by atoms with Gasteiger partial charge in [-0.1, -0.05) is 24.8 Å². The molecule has 0 heterocycles. The summed E-state index contributed by atoms with van der Waals surface area (Å²) in [4.78, 5) is 0. The SMILES string of the molecule is CCC(O)C#Cc1cccc(N)c1. The molecule has 1 aromatic carbocycles. The Morgan fingerprint density at radius 2 is 2.31 bits per heavy atom. The first-order valence-electron chi connectivity index (χ1n) is 4.27. The van der Waals surface area contributed by atoms with Gasteiger partial charge in [0.2, 0.25) is 0 Å². The number of nitrogens with two attached hydrogens (primary N) is 1. The summed E-state index contributed by atoms with van der Waals surface area (Å²) in [6.45, 7) is 1.89. The lowest BCUT2D eigenvalue weighted by atomic mass is 10.2. The molecule has 1 rings (SSSR count). The lowest BCUT2D eigenvalue weighted by Crippen LogP contribution is -1.98. The average Bonchev–Trinajstić information content (AvgIpc) is 2.14.